The van der Waals surface area contributed by atoms with E-state index in [0.29, 0.717) is 37.7 Å². The largest absolute Gasteiger partial charge is 0.481 e. The van der Waals surface area contributed by atoms with Gasteiger partial charge in [0.05, 0.1) is 19.1 Å². The van der Waals surface area contributed by atoms with E-state index in [1.807, 2.05) is 11.8 Å². The maximum Gasteiger partial charge on any atom is 0.320 e. The Bertz CT molecular complexity index is 956. The molecule has 0 aromatic carbocycles. The van der Waals surface area contributed by atoms with Crippen molar-refractivity contribution in [2.45, 2.75) is 44.7 Å². The van der Waals surface area contributed by atoms with Crippen molar-refractivity contribution in [1.29, 1.82) is 0 Å². The van der Waals surface area contributed by atoms with Crippen LogP contribution in [-0.4, -0.2) is 76.6 Å². The number of pyridine rings is 1. The summed E-state index contributed by atoms with van der Waals surface area (Å²) in [6, 6.07) is 3.04. The Hall–Kier alpha value is -3.36. The Morgan fingerprint density at radius 2 is 2.24 bits per heavy atom. The number of aliphatic imine (C=N–C) groups is 1. The van der Waals surface area contributed by atoms with Crippen molar-refractivity contribution in [3.8, 4) is 5.88 Å². The van der Waals surface area contributed by atoms with Gasteiger partial charge < -0.3 is 25.0 Å². The minimum absolute atomic E-state index is 0.121. The first-order valence-electron chi connectivity index (χ1n) is 11.6. The van der Waals surface area contributed by atoms with E-state index < -0.39 is 12.0 Å². The Balaban J connectivity index is 1.34. The minimum Gasteiger partial charge on any atom is -0.481 e. The predicted octanol–water partition coefficient (Wildman–Crippen LogP) is 2.77. The first kappa shape index (κ1) is 22.8. The lowest BCUT2D eigenvalue weighted by atomic mass is 10.0. The monoisotopic (exact) mass is 453 g/mol. The Morgan fingerprint density at radius 3 is 3.00 bits per heavy atom. The number of carbonyl (C=O) groups is 2. The molecular weight excluding hydrogens is 422 g/mol. The number of nitrogens with zero attached hydrogens (tertiary/aromatic N) is 4. The fourth-order valence-electron chi connectivity index (χ4n) is 4.47. The van der Waals surface area contributed by atoms with Gasteiger partial charge >= 0.3 is 12.0 Å². The summed E-state index contributed by atoms with van der Waals surface area (Å²) in [5.74, 6) is 0.504. The zero-order valence-corrected chi connectivity index (χ0v) is 18.9. The lowest BCUT2D eigenvalue weighted by Crippen LogP contribution is -2.39. The summed E-state index contributed by atoms with van der Waals surface area (Å²) in [6.07, 6.45) is 10.7. The number of aromatic nitrogens is 1. The number of nitrogens with one attached hydrogen (secondary N) is 1. The van der Waals surface area contributed by atoms with E-state index in [4.69, 9.17) is 4.74 Å². The van der Waals surface area contributed by atoms with Gasteiger partial charge in [0.2, 0.25) is 5.88 Å². The molecule has 0 aliphatic carbocycles. The standard InChI is InChI=1S/C24H31N5O4/c1-2-33-21-10-8-18(16-26-21)20(15-22(30)31)29-14-13-28(24(29)32)12-4-6-19-9-7-17-5-3-11-25-23(17)27-19/h5,7-10,16,19-20H,2-4,6,11-15H2,1H3,(H,25,27)(H,30,31). The van der Waals surface area contributed by atoms with Crippen LogP contribution in [0.2, 0.25) is 0 Å². The summed E-state index contributed by atoms with van der Waals surface area (Å²) in [5, 5.41) is 12.9. The third kappa shape index (κ3) is 5.53. The third-order valence-corrected chi connectivity index (χ3v) is 6.12. The molecule has 176 valence electrons. The highest BCUT2D eigenvalue weighted by atomic mass is 16.5. The van der Waals surface area contributed by atoms with E-state index in [2.05, 4.69) is 33.5 Å². The maximum absolute atomic E-state index is 13.1. The average Bonchev–Trinajstić information content (AvgIpc) is 3.18. The molecule has 0 saturated carbocycles. The lowest BCUT2D eigenvalue weighted by molar-refractivity contribution is -0.138. The molecule has 4 rings (SSSR count). The number of carboxylic acid groups (broad SMARTS) is 1. The van der Waals surface area contributed by atoms with Crippen molar-refractivity contribution in [2.75, 3.05) is 32.8 Å². The number of rotatable bonds is 10. The fourth-order valence-corrected chi connectivity index (χ4v) is 4.47. The highest BCUT2D eigenvalue weighted by Crippen LogP contribution is 2.29. The van der Waals surface area contributed by atoms with Crippen molar-refractivity contribution >= 4 is 17.8 Å². The van der Waals surface area contributed by atoms with E-state index in [0.717, 1.165) is 37.2 Å². The van der Waals surface area contributed by atoms with Gasteiger partial charge in [-0.05, 0) is 31.7 Å². The molecule has 2 atom stereocenters. The Kier molecular flexibility index (Phi) is 7.26. The molecule has 9 heteroatoms. The predicted molar refractivity (Wildman–Crippen MR) is 124 cm³/mol. The van der Waals surface area contributed by atoms with Crippen LogP contribution in [0.4, 0.5) is 4.79 Å². The summed E-state index contributed by atoms with van der Waals surface area (Å²) in [5.41, 5.74) is 1.86. The summed E-state index contributed by atoms with van der Waals surface area (Å²) < 4.78 is 5.37. The van der Waals surface area contributed by atoms with E-state index in [-0.39, 0.29) is 18.5 Å². The molecule has 0 spiro atoms. The second kappa shape index (κ2) is 10.5. The van der Waals surface area contributed by atoms with Crippen LogP contribution in [0.25, 0.3) is 0 Å². The summed E-state index contributed by atoms with van der Waals surface area (Å²) in [7, 11) is 0. The molecule has 3 aliphatic heterocycles. The number of carbonyl (C=O) groups excluding carboxylic acids is 1. The summed E-state index contributed by atoms with van der Waals surface area (Å²) >= 11 is 0. The third-order valence-electron chi connectivity index (χ3n) is 6.12. The zero-order valence-electron chi connectivity index (χ0n) is 18.9. The van der Waals surface area contributed by atoms with Gasteiger partial charge in [-0.3, -0.25) is 9.79 Å². The number of hydrogen-bond donors (Lipinski definition) is 2. The molecular formula is C24H31N5O4. The first-order chi connectivity index (χ1) is 16.0. The van der Waals surface area contributed by atoms with Gasteiger partial charge in [-0.2, -0.15) is 0 Å². The van der Waals surface area contributed by atoms with Gasteiger partial charge in [-0.25, -0.2) is 9.78 Å². The molecule has 4 heterocycles. The van der Waals surface area contributed by atoms with E-state index in [1.54, 1.807) is 23.2 Å². The molecule has 2 amide bonds. The van der Waals surface area contributed by atoms with Gasteiger partial charge in [0.1, 0.15) is 5.84 Å². The number of ether oxygens (including phenoxy) is 1. The van der Waals surface area contributed by atoms with Crippen LogP contribution < -0.4 is 10.1 Å². The highest BCUT2D eigenvalue weighted by Gasteiger charge is 2.35. The average molecular weight is 454 g/mol. The van der Waals surface area contributed by atoms with Gasteiger partial charge in [0.25, 0.3) is 0 Å². The van der Waals surface area contributed by atoms with E-state index in [1.165, 1.54) is 0 Å². The van der Waals surface area contributed by atoms with Crippen LogP contribution in [0, 0.1) is 0 Å². The SMILES string of the molecule is CCOc1ccc(C(CC(=O)O)N2CCN(CCCC3C=CC4=CCCN=C4N3)C2=O)cn1. The summed E-state index contributed by atoms with van der Waals surface area (Å²) in [4.78, 5) is 36.9. The lowest BCUT2D eigenvalue weighted by Gasteiger charge is -2.28. The number of amidine groups is 1. The van der Waals surface area contributed by atoms with Crippen LogP contribution in [0.1, 0.15) is 44.2 Å². The first-order valence-corrected chi connectivity index (χ1v) is 11.6. The summed E-state index contributed by atoms with van der Waals surface area (Å²) in [6.45, 7) is 4.93. The van der Waals surface area contributed by atoms with Gasteiger partial charge in [0, 0.05) is 50.1 Å². The molecule has 1 fully saturated rings. The van der Waals surface area contributed by atoms with E-state index >= 15 is 0 Å². The van der Waals surface area contributed by atoms with Crippen molar-refractivity contribution < 1.29 is 19.4 Å². The number of dihydropyridines is 1. The minimum atomic E-state index is -0.950. The zero-order chi connectivity index (χ0) is 23.2. The van der Waals surface area contributed by atoms with Crippen molar-refractivity contribution in [1.82, 2.24) is 20.1 Å². The normalized spacial score (nSPS) is 20.6. The Morgan fingerprint density at radius 1 is 1.36 bits per heavy atom. The molecule has 1 aromatic heterocycles. The van der Waals surface area contributed by atoms with E-state index in [9.17, 15) is 14.7 Å². The van der Waals surface area contributed by atoms with Gasteiger partial charge in [-0.1, -0.05) is 24.3 Å². The topological polar surface area (TPSA) is 107 Å². The van der Waals surface area contributed by atoms with Crippen LogP contribution >= 0.6 is 0 Å². The number of aliphatic carboxylic acids is 1. The van der Waals surface area contributed by atoms with Crippen LogP contribution in [0.5, 0.6) is 5.88 Å². The number of urea groups is 1. The molecule has 1 aromatic rings. The maximum atomic E-state index is 13.1. The quantitative estimate of drug-likeness (QED) is 0.564. The van der Waals surface area contributed by atoms with Crippen LogP contribution in [0.15, 0.2) is 47.1 Å². The second-order valence-electron chi connectivity index (χ2n) is 8.37. The molecule has 2 unspecified atom stereocenters. The molecule has 1 saturated heterocycles. The van der Waals surface area contributed by atoms with Crippen molar-refractivity contribution in [2.24, 2.45) is 4.99 Å². The molecule has 9 nitrogen and oxygen atoms in total. The van der Waals surface area contributed by atoms with Crippen molar-refractivity contribution in [3.05, 3.63) is 47.7 Å². The molecule has 33 heavy (non-hydrogen) atoms. The number of amides is 2. The van der Waals surface area contributed by atoms with Crippen LogP contribution in [-0.2, 0) is 4.79 Å². The number of carboxylic acids is 1. The molecule has 2 N–H and O–H groups in total. The van der Waals surface area contributed by atoms with Crippen LogP contribution in [0.3, 0.4) is 0 Å². The second-order valence-corrected chi connectivity index (χ2v) is 8.37. The fraction of sp³-hybridized carbons (Fsp3) is 0.500. The number of fused-ring (bicyclic) bond motifs is 1. The van der Waals surface area contributed by atoms with Gasteiger partial charge in [-0.15, -0.1) is 0 Å². The van der Waals surface area contributed by atoms with Crippen molar-refractivity contribution in [3.63, 3.8) is 0 Å². The molecule has 3 aliphatic rings. The smallest absolute Gasteiger partial charge is 0.320 e. The molecule has 0 radical (unpaired) electrons. The molecule has 0 bridgehead atoms. The highest BCUT2D eigenvalue weighted by molar-refractivity contribution is 6.02. The van der Waals surface area contributed by atoms with Gasteiger partial charge in [0.15, 0.2) is 0 Å². The number of hydrogen-bond acceptors (Lipinski definition) is 6. The Labute approximate surface area is 193 Å².